The summed E-state index contributed by atoms with van der Waals surface area (Å²) in [4.78, 5) is 14.3. The fourth-order valence-electron chi connectivity index (χ4n) is 3.15. The van der Waals surface area contributed by atoms with E-state index in [-0.39, 0.29) is 17.5 Å². The van der Waals surface area contributed by atoms with E-state index >= 15 is 0 Å². The number of urea groups is 1. The van der Waals surface area contributed by atoms with E-state index in [1.807, 2.05) is 18.2 Å². The number of methoxy groups -OCH3 is 1. The third-order valence-electron chi connectivity index (χ3n) is 4.47. The third-order valence-corrected chi connectivity index (χ3v) is 4.47. The number of rotatable bonds is 2. The van der Waals surface area contributed by atoms with Gasteiger partial charge in [0.25, 0.3) is 0 Å². The number of aromatic nitrogens is 2. The molecule has 1 unspecified atom stereocenters. The molecule has 1 N–H and O–H groups in total. The van der Waals surface area contributed by atoms with Crippen molar-refractivity contribution < 1.29 is 22.7 Å². The van der Waals surface area contributed by atoms with E-state index in [4.69, 9.17) is 4.74 Å². The lowest BCUT2D eigenvalue weighted by Crippen LogP contribution is -2.45. The van der Waals surface area contributed by atoms with Gasteiger partial charge < -0.3 is 4.74 Å². The molecule has 0 spiro atoms. The van der Waals surface area contributed by atoms with Gasteiger partial charge in [-0.05, 0) is 18.6 Å². The summed E-state index contributed by atoms with van der Waals surface area (Å²) in [6, 6.07) is 6.85. The molecule has 0 bridgehead atoms. The number of carbonyl (C=O) groups is 1. The number of amides is 2. The zero-order valence-electron chi connectivity index (χ0n) is 14.6. The van der Waals surface area contributed by atoms with Gasteiger partial charge in [-0.1, -0.05) is 18.2 Å². The number of nitrogens with one attached hydrogen (secondary N) is 1. The van der Waals surface area contributed by atoms with E-state index in [0.717, 1.165) is 10.2 Å². The van der Waals surface area contributed by atoms with Crippen molar-refractivity contribution in [2.24, 2.45) is 7.05 Å². The van der Waals surface area contributed by atoms with Crippen molar-refractivity contribution in [3.63, 3.8) is 0 Å². The number of fused-ring (bicyclic) bond motifs is 1. The molecule has 0 fully saturated rings. The minimum absolute atomic E-state index is 0.0133. The zero-order valence-corrected chi connectivity index (χ0v) is 14.6. The van der Waals surface area contributed by atoms with Crippen molar-refractivity contribution in [1.82, 2.24) is 9.78 Å². The number of aryl methyl sites for hydroxylation is 1. The van der Waals surface area contributed by atoms with Crippen LogP contribution in [-0.4, -0.2) is 35.6 Å². The standard InChI is InChI=1S/C17H19F3N4O2/c1-10-14(17(18,19)20)22-23(2)15(10)21-16(25)24-9-12(26-3)8-11-6-4-5-7-13(11)24/h4-7,12H,8-9H2,1-3H3,(H,21,25). The summed E-state index contributed by atoms with van der Waals surface area (Å²) >= 11 is 0. The molecule has 1 aromatic heterocycles. The highest BCUT2D eigenvalue weighted by atomic mass is 19.4. The molecule has 1 aliphatic rings. The second-order valence-electron chi connectivity index (χ2n) is 6.17. The average Bonchev–Trinajstić information content (AvgIpc) is 2.89. The molecule has 26 heavy (non-hydrogen) atoms. The van der Waals surface area contributed by atoms with Crippen LogP contribution in [0.15, 0.2) is 24.3 Å². The van der Waals surface area contributed by atoms with Crippen molar-refractivity contribution in [2.45, 2.75) is 25.6 Å². The smallest absolute Gasteiger partial charge is 0.379 e. The summed E-state index contributed by atoms with van der Waals surface area (Å²) in [5, 5.41) is 6.05. The molecule has 2 amide bonds. The molecule has 1 aromatic carbocycles. The molecular weight excluding hydrogens is 349 g/mol. The van der Waals surface area contributed by atoms with Gasteiger partial charge in [-0.25, -0.2) is 4.79 Å². The van der Waals surface area contributed by atoms with Crippen LogP contribution in [0, 0.1) is 6.92 Å². The number of hydrogen-bond donors (Lipinski definition) is 1. The van der Waals surface area contributed by atoms with Crippen LogP contribution < -0.4 is 10.2 Å². The molecule has 2 heterocycles. The largest absolute Gasteiger partial charge is 0.435 e. The lowest BCUT2D eigenvalue weighted by molar-refractivity contribution is -0.141. The molecule has 140 valence electrons. The molecule has 1 aliphatic heterocycles. The van der Waals surface area contributed by atoms with Crippen LogP contribution in [0.25, 0.3) is 0 Å². The normalized spacial score (nSPS) is 17.2. The predicted octanol–water partition coefficient (Wildman–Crippen LogP) is 3.36. The van der Waals surface area contributed by atoms with Crippen LogP contribution >= 0.6 is 0 Å². The highest BCUT2D eigenvalue weighted by molar-refractivity contribution is 6.02. The fourth-order valence-corrected chi connectivity index (χ4v) is 3.15. The topological polar surface area (TPSA) is 59.4 Å². The Kier molecular flexibility index (Phi) is 4.66. The number of hydrogen-bond acceptors (Lipinski definition) is 3. The first-order valence-corrected chi connectivity index (χ1v) is 8.02. The highest BCUT2D eigenvalue weighted by Gasteiger charge is 2.38. The Morgan fingerprint density at radius 1 is 1.35 bits per heavy atom. The van der Waals surface area contributed by atoms with Gasteiger partial charge in [0.05, 0.1) is 12.6 Å². The van der Waals surface area contributed by atoms with E-state index < -0.39 is 17.9 Å². The number of carbonyl (C=O) groups excluding carboxylic acids is 1. The van der Waals surface area contributed by atoms with E-state index in [9.17, 15) is 18.0 Å². The Morgan fingerprint density at radius 3 is 2.65 bits per heavy atom. The Balaban J connectivity index is 1.90. The molecule has 0 saturated carbocycles. The van der Waals surface area contributed by atoms with Gasteiger partial charge in [0.2, 0.25) is 0 Å². The van der Waals surface area contributed by atoms with Crippen LogP contribution in [0.3, 0.4) is 0 Å². The van der Waals surface area contributed by atoms with Crippen LogP contribution in [-0.2, 0) is 24.4 Å². The van der Waals surface area contributed by atoms with E-state index in [0.29, 0.717) is 18.7 Å². The summed E-state index contributed by atoms with van der Waals surface area (Å²) < 4.78 is 45.5. The minimum atomic E-state index is -4.58. The Hall–Kier alpha value is -2.55. The van der Waals surface area contributed by atoms with Gasteiger partial charge in [-0.3, -0.25) is 14.9 Å². The van der Waals surface area contributed by atoms with Gasteiger partial charge in [-0.15, -0.1) is 0 Å². The van der Waals surface area contributed by atoms with Crippen molar-refractivity contribution in [3.8, 4) is 0 Å². The highest BCUT2D eigenvalue weighted by Crippen LogP contribution is 2.34. The number of ether oxygens (including phenoxy) is 1. The maximum absolute atomic E-state index is 13.0. The molecule has 0 aliphatic carbocycles. The number of anilines is 2. The number of halogens is 3. The number of para-hydroxylation sites is 1. The lowest BCUT2D eigenvalue weighted by Gasteiger charge is -2.33. The predicted molar refractivity (Wildman–Crippen MR) is 90.3 cm³/mol. The molecule has 1 atom stereocenters. The number of benzene rings is 1. The SMILES string of the molecule is COC1Cc2ccccc2N(C(=O)Nc2c(C)c(C(F)(F)F)nn2C)C1. The first-order chi connectivity index (χ1) is 12.2. The van der Waals surface area contributed by atoms with Crippen LogP contribution in [0.1, 0.15) is 16.8 Å². The second-order valence-corrected chi connectivity index (χ2v) is 6.17. The summed E-state index contributed by atoms with van der Waals surface area (Å²) in [5.74, 6) is 0.0133. The molecule has 6 nitrogen and oxygen atoms in total. The monoisotopic (exact) mass is 368 g/mol. The van der Waals surface area contributed by atoms with E-state index in [2.05, 4.69) is 10.4 Å². The average molecular weight is 368 g/mol. The van der Waals surface area contributed by atoms with E-state index in [1.54, 1.807) is 13.2 Å². The molecule has 0 saturated heterocycles. The second kappa shape index (κ2) is 6.64. The van der Waals surface area contributed by atoms with Crippen LogP contribution in [0.5, 0.6) is 0 Å². The Morgan fingerprint density at radius 2 is 2.04 bits per heavy atom. The Bertz CT molecular complexity index is 832. The lowest BCUT2D eigenvalue weighted by atomic mass is 10.00. The van der Waals surface area contributed by atoms with Gasteiger partial charge in [0, 0.05) is 31.8 Å². The van der Waals surface area contributed by atoms with Gasteiger partial charge in [-0.2, -0.15) is 18.3 Å². The quantitative estimate of drug-likeness (QED) is 0.884. The van der Waals surface area contributed by atoms with Gasteiger partial charge in [0.1, 0.15) is 5.82 Å². The summed E-state index contributed by atoms with van der Waals surface area (Å²) in [6.45, 7) is 1.59. The molecule has 9 heteroatoms. The number of nitrogens with zero attached hydrogens (tertiary/aromatic N) is 3. The fraction of sp³-hybridized carbons (Fsp3) is 0.412. The first-order valence-electron chi connectivity index (χ1n) is 8.02. The maximum atomic E-state index is 13.0. The minimum Gasteiger partial charge on any atom is -0.379 e. The third kappa shape index (κ3) is 3.26. The zero-order chi connectivity index (χ0) is 19.1. The first kappa shape index (κ1) is 18.2. The van der Waals surface area contributed by atoms with Crippen molar-refractivity contribution in [3.05, 3.63) is 41.1 Å². The van der Waals surface area contributed by atoms with E-state index in [1.165, 1.54) is 18.9 Å². The van der Waals surface area contributed by atoms with Crippen molar-refractivity contribution in [1.29, 1.82) is 0 Å². The van der Waals surface area contributed by atoms with Crippen molar-refractivity contribution >= 4 is 17.5 Å². The summed E-state index contributed by atoms with van der Waals surface area (Å²) in [7, 11) is 2.93. The van der Waals surface area contributed by atoms with Gasteiger partial charge in [0.15, 0.2) is 5.69 Å². The summed E-state index contributed by atoms with van der Waals surface area (Å²) in [6.07, 6.45) is -4.10. The molecule has 3 rings (SSSR count). The van der Waals surface area contributed by atoms with Crippen LogP contribution in [0.2, 0.25) is 0 Å². The van der Waals surface area contributed by atoms with Gasteiger partial charge >= 0.3 is 12.2 Å². The molecule has 0 radical (unpaired) electrons. The Labute approximate surface area is 148 Å². The van der Waals surface area contributed by atoms with Crippen LogP contribution in [0.4, 0.5) is 29.5 Å². The molecular formula is C17H19F3N4O2. The van der Waals surface area contributed by atoms with Crippen molar-refractivity contribution in [2.75, 3.05) is 23.9 Å². The summed E-state index contributed by atoms with van der Waals surface area (Å²) in [5.41, 5.74) is 0.527. The molecule has 2 aromatic rings. The number of alkyl halides is 3. The maximum Gasteiger partial charge on any atom is 0.435 e.